The van der Waals surface area contributed by atoms with Gasteiger partial charge >= 0.3 is 0 Å². The summed E-state index contributed by atoms with van der Waals surface area (Å²) in [5, 5.41) is 7.88. The molecule has 0 aliphatic carbocycles. The number of nitrogens with zero attached hydrogens (tertiary/aromatic N) is 3. The van der Waals surface area contributed by atoms with Crippen molar-refractivity contribution < 1.29 is 4.74 Å². The summed E-state index contributed by atoms with van der Waals surface area (Å²) in [7, 11) is 3.58. The molecule has 0 aliphatic rings. The molecule has 2 aromatic rings. The lowest BCUT2D eigenvalue weighted by molar-refractivity contribution is 0.397. The van der Waals surface area contributed by atoms with Crippen LogP contribution < -0.4 is 10.1 Å². The minimum atomic E-state index is 0.635. The van der Waals surface area contributed by atoms with Gasteiger partial charge in [-0.25, -0.2) is 4.98 Å². The van der Waals surface area contributed by atoms with Crippen molar-refractivity contribution in [3.63, 3.8) is 0 Å². The number of halogens is 1. The van der Waals surface area contributed by atoms with E-state index < -0.39 is 0 Å². The number of methoxy groups -OCH3 is 1. The molecule has 0 aliphatic heterocycles. The summed E-state index contributed by atoms with van der Waals surface area (Å²) in [6.45, 7) is 3.62. The van der Waals surface area contributed by atoms with Crippen molar-refractivity contribution in [3.8, 4) is 5.88 Å². The quantitative estimate of drug-likeness (QED) is 0.878. The fourth-order valence-electron chi connectivity index (χ4n) is 1.97. The first-order chi connectivity index (χ1) is 9.65. The molecule has 2 heterocycles. The molecule has 0 fully saturated rings. The Morgan fingerprint density at radius 2 is 2.15 bits per heavy atom. The van der Waals surface area contributed by atoms with Crippen LogP contribution in [0.2, 0.25) is 0 Å². The SMILES string of the molecule is CCc1nn(C)c(CNCc2ccc(OC)nc2)c1Br. The Labute approximate surface area is 127 Å². The summed E-state index contributed by atoms with van der Waals surface area (Å²) in [6.07, 6.45) is 2.75. The summed E-state index contributed by atoms with van der Waals surface area (Å²) in [4.78, 5) is 4.19. The van der Waals surface area contributed by atoms with E-state index in [1.807, 2.05) is 30.1 Å². The van der Waals surface area contributed by atoms with Gasteiger partial charge in [0.2, 0.25) is 5.88 Å². The third kappa shape index (κ3) is 3.37. The minimum Gasteiger partial charge on any atom is -0.481 e. The summed E-state index contributed by atoms with van der Waals surface area (Å²) in [5.74, 6) is 0.635. The van der Waals surface area contributed by atoms with Crippen LogP contribution in [0, 0.1) is 0 Å². The maximum absolute atomic E-state index is 5.04. The number of nitrogens with one attached hydrogen (secondary N) is 1. The Bertz CT molecular complexity index is 565. The van der Waals surface area contributed by atoms with Crippen LogP contribution in [0.15, 0.2) is 22.8 Å². The predicted molar refractivity (Wildman–Crippen MR) is 81.6 cm³/mol. The van der Waals surface area contributed by atoms with Gasteiger partial charge in [-0.2, -0.15) is 5.10 Å². The van der Waals surface area contributed by atoms with Crippen LogP contribution in [0.4, 0.5) is 0 Å². The Morgan fingerprint density at radius 3 is 2.70 bits per heavy atom. The molecule has 1 N–H and O–H groups in total. The van der Waals surface area contributed by atoms with E-state index in [1.54, 1.807) is 7.11 Å². The summed E-state index contributed by atoms with van der Waals surface area (Å²) >= 11 is 3.62. The Balaban J connectivity index is 1.94. The molecule has 0 unspecified atom stereocenters. The van der Waals surface area contributed by atoms with Gasteiger partial charge in [0.25, 0.3) is 0 Å². The van der Waals surface area contributed by atoms with Crippen molar-refractivity contribution in [2.24, 2.45) is 7.05 Å². The zero-order valence-corrected chi connectivity index (χ0v) is 13.6. The summed E-state index contributed by atoms with van der Waals surface area (Å²) < 4.78 is 8.06. The van der Waals surface area contributed by atoms with E-state index in [1.165, 1.54) is 0 Å². The zero-order chi connectivity index (χ0) is 14.5. The van der Waals surface area contributed by atoms with Crippen molar-refractivity contribution in [2.45, 2.75) is 26.4 Å². The van der Waals surface area contributed by atoms with E-state index in [-0.39, 0.29) is 0 Å². The second-order valence-electron chi connectivity index (χ2n) is 4.50. The Hall–Kier alpha value is -1.40. The molecule has 2 rings (SSSR count). The van der Waals surface area contributed by atoms with E-state index >= 15 is 0 Å². The molecule has 0 saturated carbocycles. The van der Waals surface area contributed by atoms with Gasteiger partial charge in [-0.15, -0.1) is 0 Å². The number of aromatic nitrogens is 3. The van der Waals surface area contributed by atoms with Crippen LogP contribution in [0.3, 0.4) is 0 Å². The van der Waals surface area contributed by atoms with E-state index in [0.29, 0.717) is 5.88 Å². The number of hydrogen-bond acceptors (Lipinski definition) is 4. The fraction of sp³-hybridized carbons (Fsp3) is 0.429. The van der Waals surface area contributed by atoms with Crippen molar-refractivity contribution >= 4 is 15.9 Å². The van der Waals surface area contributed by atoms with Gasteiger partial charge in [0.15, 0.2) is 0 Å². The van der Waals surface area contributed by atoms with E-state index in [2.05, 4.69) is 38.3 Å². The van der Waals surface area contributed by atoms with Gasteiger partial charge in [0, 0.05) is 32.4 Å². The highest BCUT2D eigenvalue weighted by Gasteiger charge is 2.11. The molecule has 5 nitrogen and oxygen atoms in total. The first-order valence-corrected chi connectivity index (χ1v) is 7.34. The predicted octanol–water partition coefficient (Wildman–Crippen LogP) is 2.44. The zero-order valence-electron chi connectivity index (χ0n) is 12.0. The lowest BCUT2D eigenvalue weighted by Crippen LogP contribution is -2.15. The summed E-state index contributed by atoms with van der Waals surface area (Å²) in [6, 6.07) is 3.88. The molecule has 0 spiro atoms. The highest BCUT2D eigenvalue weighted by Crippen LogP contribution is 2.21. The van der Waals surface area contributed by atoms with Gasteiger partial charge < -0.3 is 10.1 Å². The van der Waals surface area contributed by atoms with Crippen LogP contribution in [0.5, 0.6) is 5.88 Å². The van der Waals surface area contributed by atoms with Crippen LogP contribution in [0.1, 0.15) is 23.9 Å². The molecule has 2 aromatic heterocycles. The average Bonchev–Trinajstić information content (AvgIpc) is 2.75. The van der Waals surface area contributed by atoms with Crippen LogP contribution in [-0.4, -0.2) is 21.9 Å². The Morgan fingerprint density at radius 1 is 1.35 bits per heavy atom. The van der Waals surface area contributed by atoms with Crippen molar-refractivity contribution in [2.75, 3.05) is 7.11 Å². The molecule has 6 heteroatoms. The topological polar surface area (TPSA) is 52.0 Å². The van der Waals surface area contributed by atoms with Crippen molar-refractivity contribution in [3.05, 3.63) is 39.8 Å². The first-order valence-electron chi connectivity index (χ1n) is 6.55. The normalized spacial score (nSPS) is 10.8. The molecular formula is C14H19BrN4O. The maximum Gasteiger partial charge on any atom is 0.212 e. The highest BCUT2D eigenvalue weighted by molar-refractivity contribution is 9.10. The minimum absolute atomic E-state index is 0.635. The lowest BCUT2D eigenvalue weighted by atomic mass is 10.2. The number of aryl methyl sites for hydroxylation is 2. The third-order valence-corrected chi connectivity index (χ3v) is 4.05. The van der Waals surface area contributed by atoms with Crippen LogP contribution in [-0.2, 0) is 26.6 Å². The maximum atomic E-state index is 5.04. The van der Waals surface area contributed by atoms with Crippen molar-refractivity contribution in [1.82, 2.24) is 20.1 Å². The standard InChI is InChI=1S/C14H19BrN4O/c1-4-11-14(15)12(19(2)18-11)9-16-7-10-5-6-13(20-3)17-8-10/h5-6,8,16H,4,7,9H2,1-3H3. The van der Waals surface area contributed by atoms with E-state index in [0.717, 1.165) is 40.9 Å². The molecule has 20 heavy (non-hydrogen) atoms. The smallest absolute Gasteiger partial charge is 0.212 e. The molecule has 0 radical (unpaired) electrons. The van der Waals surface area contributed by atoms with E-state index in [4.69, 9.17) is 4.74 Å². The van der Waals surface area contributed by atoms with Gasteiger partial charge in [-0.1, -0.05) is 13.0 Å². The van der Waals surface area contributed by atoms with Crippen LogP contribution >= 0.6 is 15.9 Å². The second-order valence-corrected chi connectivity index (χ2v) is 5.29. The second kappa shape index (κ2) is 6.85. The molecule has 0 aromatic carbocycles. The molecule has 0 bridgehead atoms. The first kappa shape index (κ1) is 15.0. The van der Waals surface area contributed by atoms with Crippen LogP contribution in [0.25, 0.3) is 0 Å². The van der Waals surface area contributed by atoms with Gasteiger partial charge in [0.1, 0.15) is 0 Å². The molecule has 0 amide bonds. The molecule has 0 saturated heterocycles. The third-order valence-electron chi connectivity index (χ3n) is 3.13. The van der Waals surface area contributed by atoms with Gasteiger partial charge in [-0.05, 0) is 27.9 Å². The molecule has 0 atom stereocenters. The molecular weight excluding hydrogens is 320 g/mol. The number of hydrogen-bond donors (Lipinski definition) is 1. The number of pyridine rings is 1. The van der Waals surface area contributed by atoms with Gasteiger partial charge in [-0.3, -0.25) is 4.68 Å². The number of rotatable bonds is 6. The monoisotopic (exact) mass is 338 g/mol. The largest absolute Gasteiger partial charge is 0.481 e. The average molecular weight is 339 g/mol. The lowest BCUT2D eigenvalue weighted by Gasteiger charge is -2.06. The van der Waals surface area contributed by atoms with Gasteiger partial charge in [0.05, 0.1) is 23.0 Å². The summed E-state index contributed by atoms with van der Waals surface area (Å²) in [5.41, 5.74) is 3.37. The highest BCUT2D eigenvalue weighted by atomic mass is 79.9. The van der Waals surface area contributed by atoms with E-state index in [9.17, 15) is 0 Å². The van der Waals surface area contributed by atoms with Crippen molar-refractivity contribution in [1.29, 1.82) is 0 Å². The number of ether oxygens (including phenoxy) is 1. The molecule has 108 valence electrons. The Kier molecular flexibility index (Phi) is 5.14. The fourth-order valence-corrected chi connectivity index (χ4v) is 2.73.